The second-order valence-corrected chi connectivity index (χ2v) is 13.0. The molecule has 4 saturated carbocycles. The minimum absolute atomic E-state index is 0.0768. The van der Waals surface area contributed by atoms with E-state index in [1.54, 1.807) is 0 Å². The Morgan fingerprint density at radius 2 is 1.78 bits per heavy atom. The van der Waals surface area contributed by atoms with E-state index in [4.69, 9.17) is 4.74 Å². The van der Waals surface area contributed by atoms with E-state index in [0.717, 1.165) is 43.4 Å². The van der Waals surface area contributed by atoms with Crippen molar-refractivity contribution in [1.29, 1.82) is 0 Å². The minimum Gasteiger partial charge on any atom is -0.462 e. The lowest BCUT2D eigenvalue weighted by Gasteiger charge is -2.61. The Hall–Kier alpha value is -0.860. The number of fused-ring (bicyclic) bond motifs is 5. The van der Waals surface area contributed by atoms with Gasteiger partial charge in [0.15, 0.2) is 0 Å². The third-order valence-electron chi connectivity index (χ3n) is 11.0. The molecule has 0 heterocycles. The van der Waals surface area contributed by atoms with Crippen molar-refractivity contribution >= 4 is 11.8 Å². The van der Waals surface area contributed by atoms with Crippen LogP contribution in [0.5, 0.6) is 0 Å². The van der Waals surface area contributed by atoms with Crippen LogP contribution < -0.4 is 0 Å². The SMILES string of the molecule is CC(=O)OC1CCCC2C(=O)C[C@@H]3[C@H](CC[C@]4(C)[C@@H]([C@H](C)CCCC(C)C)CC[C@@H]34)[C@@]12C. The number of carbonyl (C=O) groups excluding carboxylic acids is 2. The fraction of sp³-hybridized carbons (Fsp3) is 0.931. The molecule has 0 aliphatic heterocycles. The van der Waals surface area contributed by atoms with E-state index < -0.39 is 0 Å². The van der Waals surface area contributed by atoms with E-state index in [9.17, 15) is 9.59 Å². The van der Waals surface area contributed by atoms with Crippen molar-refractivity contribution in [3.05, 3.63) is 0 Å². The van der Waals surface area contributed by atoms with Crippen LogP contribution in [-0.4, -0.2) is 17.9 Å². The highest BCUT2D eigenvalue weighted by Gasteiger charge is 2.64. The molecule has 2 unspecified atom stereocenters. The van der Waals surface area contributed by atoms with Gasteiger partial charge in [-0.05, 0) is 85.9 Å². The van der Waals surface area contributed by atoms with Crippen molar-refractivity contribution in [3.8, 4) is 0 Å². The molecule has 4 aliphatic rings. The van der Waals surface area contributed by atoms with E-state index in [0.29, 0.717) is 29.0 Å². The third kappa shape index (κ3) is 3.98. The van der Waals surface area contributed by atoms with Gasteiger partial charge in [-0.2, -0.15) is 0 Å². The van der Waals surface area contributed by atoms with Gasteiger partial charge in [0, 0.05) is 24.7 Å². The maximum absolute atomic E-state index is 13.5. The van der Waals surface area contributed by atoms with Gasteiger partial charge in [-0.1, -0.05) is 53.9 Å². The molecule has 4 rings (SSSR count). The normalized spacial score (nSPS) is 44.5. The Labute approximate surface area is 196 Å². The number of rotatable bonds is 6. The summed E-state index contributed by atoms with van der Waals surface area (Å²) in [7, 11) is 0. The molecule has 0 aromatic heterocycles. The molecular formula is C29H48O3. The van der Waals surface area contributed by atoms with E-state index in [2.05, 4.69) is 34.6 Å². The van der Waals surface area contributed by atoms with Crippen LogP contribution in [0.4, 0.5) is 0 Å². The zero-order valence-electron chi connectivity index (χ0n) is 21.6. The third-order valence-corrected chi connectivity index (χ3v) is 11.0. The highest BCUT2D eigenvalue weighted by molar-refractivity contribution is 5.83. The Morgan fingerprint density at radius 3 is 2.47 bits per heavy atom. The second-order valence-electron chi connectivity index (χ2n) is 13.0. The number of carbonyl (C=O) groups is 2. The molecule has 0 bridgehead atoms. The smallest absolute Gasteiger partial charge is 0.302 e. The first kappa shape index (κ1) is 24.3. The van der Waals surface area contributed by atoms with E-state index in [1.807, 2.05) is 0 Å². The molecular weight excluding hydrogens is 396 g/mol. The summed E-state index contributed by atoms with van der Waals surface area (Å²) >= 11 is 0. The Bertz CT molecular complexity index is 713. The molecule has 0 radical (unpaired) electrons. The average molecular weight is 445 g/mol. The zero-order valence-corrected chi connectivity index (χ0v) is 21.6. The largest absolute Gasteiger partial charge is 0.462 e. The summed E-state index contributed by atoms with van der Waals surface area (Å²) < 4.78 is 5.93. The van der Waals surface area contributed by atoms with Crippen LogP contribution in [0.3, 0.4) is 0 Å². The number of hydrogen-bond acceptors (Lipinski definition) is 3. The van der Waals surface area contributed by atoms with E-state index >= 15 is 0 Å². The molecule has 3 nitrogen and oxygen atoms in total. The predicted octanol–water partition coefficient (Wildman–Crippen LogP) is 7.22. The lowest BCUT2D eigenvalue weighted by molar-refractivity contribution is -0.192. The molecule has 0 N–H and O–H groups in total. The molecule has 4 fully saturated rings. The Morgan fingerprint density at radius 1 is 1.03 bits per heavy atom. The van der Waals surface area contributed by atoms with Gasteiger partial charge < -0.3 is 4.74 Å². The van der Waals surface area contributed by atoms with Gasteiger partial charge in [0.2, 0.25) is 0 Å². The van der Waals surface area contributed by atoms with E-state index in [1.165, 1.54) is 51.9 Å². The molecule has 4 aliphatic carbocycles. The van der Waals surface area contributed by atoms with Gasteiger partial charge in [-0.3, -0.25) is 9.59 Å². The maximum atomic E-state index is 13.5. The Balaban J connectivity index is 1.56. The van der Waals surface area contributed by atoms with Gasteiger partial charge in [0.25, 0.3) is 0 Å². The minimum atomic E-state index is -0.178. The van der Waals surface area contributed by atoms with Crippen LogP contribution in [-0.2, 0) is 14.3 Å². The van der Waals surface area contributed by atoms with Crippen molar-refractivity contribution in [2.75, 3.05) is 0 Å². The van der Waals surface area contributed by atoms with Crippen LogP contribution >= 0.6 is 0 Å². The van der Waals surface area contributed by atoms with Gasteiger partial charge >= 0.3 is 5.97 Å². The molecule has 0 aromatic carbocycles. The summed E-state index contributed by atoms with van der Waals surface area (Å²) in [6, 6.07) is 0. The molecule has 0 saturated heterocycles. The van der Waals surface area contributed by atoms with Crippen LogP contribution in [0.2, 0.25) is 0 Å². The predicted molar refractivity (Wildman–Crippen MR) is 129 cm³/mol. The number of ketones is 1. The molecule has 0 aromatic rings. The summed E-state index contributed by atoms with van der Waals surface area (Å²) in [5, 5.41) is 0. The van der Waals surface area contributed by atoms with Crippen molar-refractivity contribution in [2.45, 2.75) is 118 Å². The monoisotopic (exact) mass is 444 g/mol. The van der Waals surface area contributed by atoms with Crippen molar-refractivity contribution in [3.63, 3.8) is 0 Å². The van der Waals surface area contributed by atoms with Gasteiger partial charge in [-0.25, -0.2) is 0 Å². The molecule has 0 spiro atoms. The fourth-order valence-electron chi connectivity index (χ4n) is 9.49. The van der Waals surface area contributed by atoms with Gasteiger partial charge in [0.05, 0.1) is 0 Å². The number of esters is 1. The standard InChI is InChI=1S/C29H48O3/c1-18(2)9-7-10-19(3)22-13-14-23-21-17-26(31)25-11-8-12-27(32-20(4)30)29(25,6)24(21)15-16-28(22,23)5/h18-19,21-25,27H,7-17H2,1-6H3/t19-,21+,22-,23+,24+,25?,27?,28-,29-/m1/s1. The fourth-order valence-corrected chi connectivity index (χ4v) is 9.49. The second kappa shape index (κ2) is 9.06. The lowest BCUT2D eigenvalue weighted by atomic mass is 9.43. The lowest BCUT2D eigenvalue weighted by Crippen LogP contribution is -2.61. The highest BCUT2D eigenvalue weighted by Crippen LogP contribution is 2.68. The summed E-state index contributed by atoms with van der Waals surface area (Å²) in [4.78, 5) is 25.4. The maximum Gasteiger partial charge on any atom is 0.302 e. The van der Waals surface area contributed by atoms with Crippen molar-refractivity contribution in [1.82, 2.24) is 0 Å². The van der Waals surface area contributed by atoms with Crippen LogP contribution in [0.15, 0.2) is 0 Å². The van der Waals surface area contributed by atoms with Crippen LogP contribution in [0, 0.1) is 52.3 Å². The number of Topliss-reactive ketones (excluding diaryl/α,β-unsaturated/α-hetero) is 1. The van der Waals surface area contributed by atoms with Crippen LogP contribution in [0.1, 0.15) is 112 Å². The van der Waals surface area contributed by atoms with Crippen molar-refractivity contribution < 1.29 is 14.3 Å². The summed E-state index contributed by atoms with van der Waals surface area (Å²) in [6.45, 7) is 13.6. The summed E-state index contributed by atoms with van der Waals surface area (Å²) in [6.07, 6.45) is 12.8. The highest BCUT2D eigenvalue weighted by atomic mass is 16.5. The Kier molecular flexibility index (Phi) is 6.87. The molecule has 9 atom stereocenters. The molecule has 182 valence electrons. The number of ether oxygens (including phenoxy) is 1. The zero-order chi connectivity index (χ0) is 23.3. The molecule has 3 heteroatoms. The average Bonchev–Trinajstić information content (AvgIpc) is 3.06. The van der Waals surface area contributed by atoms with Gasteiger partial charge in [0.1, 0.15) is 11.9 Å². The molecule has 0 amide bonds. The van der Waals surface area contributed by atoms with Gasteiger partial charge in [-0.15, -0.1) is 0 Å². The first-order valence-corrected chi connectivity index (χ1v) is 13.8. The first-order valence-electron chi connectivity index (χ1n) is 13.8. The topological polar surface area (TPSA) is 43.4 Å². The quantitative estimate of drug-likeness (QED) is 0.406. The van der Waals surface area contributed by atoms with Crippen molar-refractivity contribution in [2.24, 2.45) is 52.3 Å². The van der Waals surface area contributed by atoms with Crippen LogP contribution in [0.25, 0.3) is 0 Å². The number of hydrogen-bond donors (Lipinski definition) is 0. The summed E-state index contributed by atoms with van der Waals surface area (Å²) in [5.41, 5.74) is 0.222. The first-order chi connectivity index (χ1) is 15.1. The summed E-state index contributed by atoms with van der Waals surface area (Å²) in [5.74, 6) is 4.47. The molecule has 32 heavy (non-hydrogen) atoms. The van der Waals surface area contributed by atoms with E-state index in [-0.39, 0.29) is 23.4 Å².